The van der Waals surface area contributed by atoms with Crippen LogP contribution in [0, 0.1) is 11.8 Å². The molecule has 2 aromatic carbocycles. The quantitative estimate of drug-likeness (QED) is 0.227. The second kappa shape index (κ2) is 17.3. The van der Waals surface area contributed by atoms with Crippen molar-refractivity contribution in [2.75, 3.05) is 27.3 Å². The fourth-order valence-electron chi connectivity index (χ4n) is 6.64. The van der Waals surface area contributed by atoms with Gasteiger partial charge in [0.25, 0.3) is 0 Å². The van der Waals surface area contributed by atoms with Crippen molar-refractivity contribution in [1.82, 2.24) is 9.80 Å². The van der Waals surface area contributed by atoms with Crippen molar-refractivity contribution >= 4 is 24.1 Å². The first kappa shape index (κ1) is 39.0. The fourth-order valence-corrected chi connectivity index (χ4v) is 6.64. The van der Waals surface area contributed by atoms with Crippen molar-refractivity contribution in [1.29, 1.82) is 0 Å². The lowest BCUT2D eigenvalue weighted by Crippen LogP contribution is -2.45. The summed E-state index contributed by atoms with van der Waals surface area (Å²) in [6.07, 6.45) is -0.991. The van der Waals surface area contributed by atoms with Gasteiger partial charge >= 0.3 is 24.1 Å². The number of ether oxygens (including phenoxy) is 5. The highest BCUT2D eigenvalue weighted by Crippen LogP contribution is 2.43. The number of β-amino-alcohol motifs (C(OH)–C–C–N with tert-alkyl or cyclic N) is 1. The zero-order chi connectivity index (χ0) is 35.0. The van der Waals surface area contributed by atoms with Crippen molar-refractivity contribution < 1.29 is 48.0 Å². The van der Waals surface area contributed by atoms with Gasteiger partial charge in [-0.15, -0.1) is 6.58 Å². The molecular weight excluding hydrogens is 632 g/mol. The van der Waals surface area contributed by atoms with Crippen LogP contribution < -0.4 is 0 Å². The number of aliphatic hydroxyl groups is 1. The molecule has 49 heavy (non-hydrogen) atoms. The van der Waals surface area contributed by atoms with E-state index in [-0.39, 0.29) is 44.8 Å². The number of rotatable bonds is 8. The molecule has 3 aliphatic rings. The number of hydrogen-bond acceptors (Lipinski definition) is 10. The molecule has 3 heterocycles. The molecule has 6 atom stereocenters. The smallest absolute Gasteiger partial charge is 0.410 e. The molecule has 0 aromatic heterocycles. The number of methoxy groups -OCH3 is 2. The molecule has 268 valence electrons. The van der Waals surface area contributed by atoms with Crippen molar-refractivity contribution in [2.45, 2.75) is 84.1 Å². The first-order chi connectivity index (χ1) is 22.8. The number of esters is 2. The van der Waals surface area contributed by atoms with Crippen LogP contribution >= 0.6 is 0 Å². The number of likely N-dealkylation sites (tertiary alicyclic amines) is 2. The Balaban J connectivity index is 0.000000260. The van der Waals surface area contributed by atoms with Gasteiger partial charge in [-0.3, -0.25) is 9.80 Å². The Hall–Kier alpha value is -4.42. The van der Waals surface area contributed by atoms with E-state index in [1.165, 1.54) is 24.0 Å². The Morgan fingerprint density at radius 3 is 1.78 bits per heavy atom. The largest absolute Gasteiger partial charge is 0.467 e. The third-order valence-electron chi connectivity index (χ3n) is 8.76. The Kier molecular flexibility index (Phi) is 13.8. The van der Waals surface area contributed by atoms with E-state index in [0.717, 1.165) is 16.7 Å². The van der Waals surface area contributed by atoms with Crippen LogP contribution in [0.5, 0.6) is 0 Å². The summed E-state index contributed by atoms with van der Waals surface area (Å²) in [5.74, 6) is -1.48. The predicted molar refractivity (Wildman–Crippen MR) is 181 cm³/mol. The lowest BCUT2D eigenvalue weighted by atomic mass is 9.90. The van der Waals surface area contributed by atoms with Crippen LogP contribution in [0.2, 0.25) is 0 Å². The summed E-state index contributed by atoms with van der Waals surface area (Å²) in [4.78, 5) is 51.9. The highest BCUT2D eigenvalue weighted by atomic mass is 16.6. The van der Waals surface area contributed by atoms with Crippen LogP contribution in [0.3, 0.4) is 0 Å². The maximum Gasteiger partial charge on any atom is 0.410 e. The lowest BCUT2D eigenvalue weighted by molar-refractivity contribution is -0.147. The van der Waals surface area contributed by atoms with Gasteiger partial charge in [-0.2, -0.15) is 0 Å². The molecule has 1 N–H and O–H groups in total. The average Bonchev–Trinajstić information content (AvgIpc) is 3.69. The summed E-state index contributed by atoms with van der Waals surface area (Å²) in [6, 6.07) is 17.2. The van der Waals surface area contributed by atoms with Crippen molar-refractivity contribution in [3.63, 3.8) is 0 Å². The molecule has 3 fully saturated rings. The van der Waals surface area contributed by atoms with Crippen LogP contribution in [0.25, 0.3) is 0 Å². The van der Waals surface area contributed by atoms with E-state index in [1.807, 2.05) is 81.4 Å². The summed E-state index contributed by atoms with van der Waals surface area (Å²) < 4.78 is 26.4. The van der Waals surface area contributed by atoms with E-state index in [9.17, 15) is 24.3 Å². The van der Waals surface area contributed by atoms with E-state index < -0.39 is 48.2 Å². The number of hydrogen-bond donors (Lipinski definition) is 1. The number of allylic oxidation sites excluding steroid dienone is 1. The molecule has 12 nitrogen and oxygen atoms in total. The number of amides is 2. The molecule has 0 spiro atoms. The number of benzene rings is 2. The lowest BCUT2D eigenvalue weighted by Gasteiger charge is -2.27. The highest BCUT2D eigenvalue weighted by Gasteiger charge is 2.56. The molecule has 0 bridgehead atoms. The minimum Gasteiger partial charge on any atom is -0.467 e. The van der Waals surface area contributed by atoms with E-state index >= 15 is 0 Å². The van der Waals surface area contributed by atoms with Gasteiger partial charge in [0.2, 0.25) is 0 Å². The first-order valence-corrected chi connectivity index (χ1v) is 16.0. The molecule has 2 amide bonds. The van der Waals surface area contributed by atoms with Gasteiger partial charge in [0, 0.05) is 11.8 Å². The number of carbonyl (C=O) groups excluding carboxylic acids is 4. The SMILES string of the molecule is C.C=C(C)C[C@@H]1[C@@H](C(=O)OC)N(C(=O)OCc2ccccc2)C[C@@H]1O.COC(=O)[C@@H]1[C@H]2CC(C)(C)O[C@H]2CN1C(=O)OCc1ccccc1. The topological polar surface area (TPSA) is 141 Å². The first-order valence-electron chi connectivity index (χ1n) is 16.0. The van der Waals surface area contributed by atoms with Gasteiger partial charge < -0.3 is 28.8 Å². The minimum absolute atomic E-state index is 0. The molecule has 0 aliphatic carbocycles. The van der Waals surface area contributed by atoms with Crippen LogP contribution in [0.15, 0.2) is 72.8 Å². The summed E-state index contributed by atoms with van der Waals surface area (Å²) in [5, 5.41) is 10.3. The Bertz CT molecular complexity index is 1430. The van der Waals surface area contributed by atoms with E-state index in [0.29, 0.717) is 19.4 Å². The van der Waals surface area contributed by atoms with Gasteiger partial charge in [-0.1, -0.05) is 73.7 Å². The van der Waals surface area contributed by atoms with Gasteiger partial charge in [0.1, 0.15) is 25.3 Å². The van der Waals surface area contributed by atoms with Crippen LogP contribution in [-0.4, -0.2) is 96.2 Å². The molecule has 5 rings (SSSR count). The molecule has 0 radical (unpaired) electrons. The minimum atomic E-state index is -0.870. The van der Waals surface area contributed by atoms with Crippen LogP contribution in [0.1, 0.15) is 52.2 Å². The molecule has 12 heteroatoms. The summed E-state index contributed by atoms with van der Waals surface area (Å²) >= 11 is 0. The number of nitrogens with zero attached hydrogens (tertiary/aromatic N) is 2. The average molecular weight is 683 g/mol. The standard InChI is InChI=1S/2C18H23NO5.CH4/c1-18(2)9-13-14(24-18)10-19(15(13)16(20)22-3)17(21)23-11-12-7-5-4-6-8-12;1-12(2)9-14-15(20)10-19(16(14)17(21)23-3)18(22)24-11-13-7-5-4-6-8-13;/h4-8,13-15H,9-11H2,1-3H3;4-8,14-16,20H,1,9-11H2,2-3H3;1H4/t13-,14-,15-;14-,15-,16-;/m00./s1. The monoisotopic (exact) mass is 682 g/mol. The van der Waals surface area contributed by atoms with Gasteiger partial charge in [0.15, 0.2) is 0 Å². The van der Waals surface area contributed by atoms with Gasteiger partial charge in [-0.05, 0) is 44.7 Å². The number of fused-ring (bicyclic) bond motifs is 1. The highest BCUT2D eigenvalue weighted by molar-refractivity contribution is 5.83. The molecule has 0 unspecified atom stereocenters. The van der Waals surface area contributed by atoms with Crippen molar-refractivity contribution in [2.24, 2.45) is 11.8 Å². The van der Waals surface area contributed by atoms with E-state index in [2.05, 4.69) is 6.58 Å². The van der Waals surface area contributed by atoms with Crippen molar-refractivity contribution in [3.8, 4) is 0 Å². The number of aliphatic hydroxyl groups excluding tert-OH is 1. The molecular formula is C37H50N2O10. The molecule has 3 saturated heterocycles. The Morgan fingerprint density at radius 1 is 0.837 bits per heavy atom. The van der Waals surface area contributed by atoms with Crippen molar-refractivity contribution in [3.05, 3.63) is 83.9 Å². The Labute approximate surface area is 288 Å². The van der Waals surface area contributed by atoms with Gasteiger partial charge in [-0.25, -0.2) is 19.2 Å². The summed E-state index contributed by atoms with van der Waals surface area (Å²) in [7, 11) is 2.60. The Morgan fingerprint density at radius 2 is 1.31 bits per heavy atom. The fraction of sp³-hybridized carbons (Fsp3) is 0.514. The normalized spacial score (nSPS) is 24.8. The summed E-state index contributed by atoms with van der Waals surface area (Å²) in [5.41, 5.74) is 2.28. The zero-order valence-electron chi connectivity index (χ0n) is 28.2. The third-order valence-corrected chi connectivity index (χ3v) is 8.76. The van der Waals surface area contributed by atoms with Gasteiger partial charge in [0.05, 0.1) is 45.1 Å². The molecule has 0 saturated carbocycles. The van der Waals surface area contributed by atoms with E-state index in [4.69, 9.17) is 23.7 Å². The number of carbonyl (C=O) groups is 4. The predicted octanol–water partition coefficient (Wildman–Crippen LogP) is 5.12. The molecule has 3 aliphatic heterocycles. The maximum atomic E-state index is 12.5. The molecule has 2 aromatic rings. The second-order valence-electron chi connectivity index (χ2n) is 13.0. The van der Waals surface area contributed by atoms with Crippen LogP contribution in [-0.2, 0) is 46.5 Å². The van der Waals surface area contributed by atoms with E-state index in [1.54, 1.807) is 0 Å². The van der Waals surface area contributed by atoms with Crippen LogP contribution in [0.4, 0.5) is 9.59 Å². The maximum absolute atomic E-state index is 12.5. The third kappa shape index (κ3) is 9.82. The summed E-state index contributed by atoms with van der Waals surface area (Å²) in [6.45, 7) is 10.3. The second-order valence-corrected chi connectivity index (χ2v) is 13.0. The zero-order valence-corrected chi connectivity index (χ0v) is 28.2.